The molecule has 0 saturated heterocycles. The first-order chi connectivity index (χ1) is 15.4. The summed E-state index contributed by atoms with van der Waals surface area (Å²) in [4.78, 5) is 24.3. The maximum Gasteiger partial charge on any atom is 0.344 e. The van der Waals surface area contributed by atoms with Gasteiger partial charge in [-0.2, -0.15) is 0 Å². The quantitative estimate of drug-likeness (QED) is 0.252. The topological polar surface area (TPSA) is 64.6 Å². The van der Waals surface area contributed by atoms with Gasteiger partial charge in [-0.15, -0.1) is 0 Å². The number of ether oxygens (including phenoxy) is 2. The van der Waals surface area contributed by atoms with Gasteiger partial charge in [-0.3, -0.25) is 4.79 Å². The normalized spacial score (nSPS) is 21.1. The lowest BCUT2D eigenvalue weighted by molar-refractivity contribution is -0.132. The summed E-state index contributed by atoms with van der Waals surface area (Å²) in [5, 5.41) is 3.17. The van der Waals surface area contributed by atoms with Gasteiger partial charge in [0.05, 0.1) is 12.8 Å². The Labute approximate surface area is 198 Å². The SMILES string of the molecule is COc1ccc2c(c1C)NC(=O)C2(c1ccc(OC(=O)C(Cl)Cl)cc1)C1CCCCCC1. The molecular weight excluding hydrogens is 449 g/mol. The highest BCUT2D eigenvalue weighted by molar-refractivity contribution is 6.53. The van der Waals surface area contributed by atoms with Gasteiger partial charge in [0.2, 0.25) is 10.7 Å². The van der Waals surface area contributed by atoms with Gasteiger partial charge < -0.3 is 14.8 Å². The molecule has 32 heavy (non-hydrogen) atoms. The van der Waals surface area contributed by atoms with Crippen LogP contribution >= 0.6 is 23.2 Å². The third-order valence-electron chi connectivity index (χ3n) is 6.83. The van der Waals surface area contributed by atoms with Crippen molar-refractivity contribution in [3.63, 3.8) is 0 Å². The van der Waals surface area contributed by atoms with E-state index >= 15 is 0 Å². The number of hydrogen-bond donors (Lipinski definition) is 1. The van der Waals surface area contributed by atoms with E-state index in [0.717, 1.165) is 53.8 Å². The summed E-state index contributed by atoms with van der Waals surface area (Å²) in [5.41, 5.74) is 2.83. The Balaban J connectivity index is 1.83. The minimum Gasteiger partial charge on any atom is -0.496 e. The fourth-order valence-electron chi connectivity index (χ4n) is 5.32. The highest BCUT2D eigenvalue weighted by Gasteiger charge is 2.53. The fourth-order valence-corrected chi connectivity index (χ4v) is 5.41. The number of amides is 1. The van der Waals surface area contributed by atoms with Gasteiger partial charge in [-0.05, 0) is 55.0 Å². The molecule has 170 valence electrons. The number of carbonyl (C=O) groups excluding carboxylic acids is 2. The van der Waals surface area contributed by atoms with Gasteiger partial charge in [0, 0.05) is 5.56 Å². The average Bonchev–Trinajstić information content (AvgIpc) is 2.93. The first-order valence-corrected chi connectivity index (χ1v) is 11.9. The van der Waals surface area contributed by atoms with Gasteiger partial charge >= 0.3 is 5.97 Å². The zero-order chi connectivity index (χ0) is 22.9. The number of nitrogens with one attached hydrogen (secondary N) is 1. The molecular formula is C25H27Cl2NO4. The van der Waals surface area contributed by atoms with Crippen LogP contribution in [0.1, 0.15) is 55.2 Å². The van der Waals surface area contributed by atoms with Crippen LogP contribution in [-0.2, 0) is 15.0 Å². The monoisotopic (exact) mass is 475 g/mol. The number of anilines is 1. The second-order valence-corrected chi connectivity index (χ2v) is 9.61. The van der Waals surface area contributed by atoms with Crippen molar-refractivity contribution in [2.24, 2.45) is 5.92 Å². The summed E-state index contributed by atoms with van der Waals surface area (Å²) in [6, 6.07) is 11.1. The number of esters is 1. The molecule has 1 aliphatic carbocycles. The van der Waals surface area contributed by atoms with E-state index in [1.807, 2.05) is 31.2 Å². The number of hydrogen-bond acceptors (Lipinski definition) is 4. The summed E-state index contributed by atoms with van der Waals surface area (Å²) in [7, 11) is 1.64. The molecule has 2 aromatic carbocycles. The largest absolute Gasteiger partial charge is 0.496 e. The van der Waals surface area contributed by atoms with Crippen LogP contribution in [0.25, 0.3) is 0 Å². The van der Waals surface area contributed by atoms with Crippen LogP contribution in [0.3, 0.4) is 0 Å². The van der Waals surface area contributed by atoms with Gasteiger partial charge in [-0.1, -0.05) is 67.1 Å². The minimum absolute atomic E-state index is 0.0120. The molecule has 1 unspecified atom stereocenters. The molecule has 0 radical (unpaired) electrons. The zero-order valence-corrected chi connectivity index (χ0v) is 19.8. The number of halogens is 2. The van der Waals surface area contributed by atoms with E-state index in [9.17, 15) is 9.59 Å². The van der Waals surface area contributed by atoms with Gasteiger partial charge in [0.15, 0.2) is 0 Å². The molecule has 0 aromatic heterocycles. The van der Waals surface area contributed by atoms with Crippen molar-refractivity contribution in [3.8, 4) is 11.5 Å². The second-order valence-electron chi connectivity index (χ2n) is 8.51. The molecule has 4 rings (SSSR count). The van der Waals surface area contributed by atoms with Crippen molar-refractivity contribution in [3.05, 3.63) is 53.1 Å². The highest BCUT2D eigenvalue weighted by atomic mass is 35.5. The summed E-state index contributed by atoms with van der Waals surface area (Å²) in [5.74, 6) is 0.515. The third kappa shape index (κ3) is 3.86. The predicted octanol–water partition coefficient (Wildman–Crippen LogP) is 5.92. The molecule has 7 heteroatoms. The van der Waals surface area contributed by atoms with Crippen molar-refractivity contribution >= 4 is 40.8 Å². The van der Waals surface area contributed by atoms with E-state index in [1.54, 1.807) is 19.2 Å². The summed E-state index contributed by atoms with van der Waals surface area (Å²) >= 11 is 11.2. The smallest absolute Gasteiger partial charge is 0.344 e. The molecule has 1 fully saturated rings. The van der Waals surface area contributed by atoms with Crippen LogP contribution in [0.4, 0.5) is 5.69 Å². The molecule has 1 N–H and O–H groups in total. The molecule has 1 heterocycles. The Kier molecular flexibility index (Phi) is 6.68. The van der Waals surface area contributed by atoms with Crippen LogP contribution in [0.15, 0.2) is 36.4 Å². The van der Waals surface area contributed by atoms with Crippen molar-refractivity contribution in [1.29, 1.82) is 0 Å². The second kappa shape index (κ2) is 9.32. The lowest BCUT2D eigenvalue weighted by atomic mass is 9.64. The highest BCUT2D eigenvalue weighted by Crippen LogP contribution is 2.53. The van der Waals surface area contributed by atoms with E-state index in [0.29, 0.717) is 5.75 Å². The molecule has 0 spiro atoms. The first kappa shape index (κ1) is 22.9. The Morgan fingerprint density at radius 2 is 1.72 bits per heavy atom. The maximum absolute atomic E-state index is 13.8. The Morgan fingerprint density at radius 3 is 2.31 bits per heavy atom. The molecule has 2 aliphatic rings. The summed E-state index contributed by atoms with van der Waals surface area (Å²) < 4.78 is 10.7. The van der Waals surface area contributed by atoms with E-state index in [4.69, 9.17) is 32.7 Å². The van der Waals surface area contributed by atoms with Crippen molar-refractivity contribution in [2.75, 3.05) is 12.4 Å². The lowest BCUT2D eigenvalue weighted by Gasteiger charge is -2.36. The van der Waals surface area contributed by atoms with E-state index in [1.165, 1.54) is 12.8 Å². The molecule has 1 aliphatic heterocycles. The lowest BCUT2D eigenvalue weighted by Crippen LogP contribution is -2.43. The number of carbonyl (C=O) groups is 2. The number of methoxy groups -OCH3 is 1. The number of alkyl halides is 2. The van der Waals surface area contributed by atoms with Crippen LogP contribution in [0, 0.1) is 12.8 Å². The Hall–Kier alpha value is -2.24. The van der Waals surface area contributed by atoms with E-state index in [-0.39, 0.29) is 11.8 Å². The number of benzene rings is 2. The van der Waals surface area contributed by atoms with Crippen molar-refractivity contribution in [2.45, 2.75) is 55.7 Å². The first-order valence-electron chi connectivity index (χ1n) is 11.0. The maximum atomic E-state index is 13.8. The molecule has 2 aromatic rings. The predicted molar refractivity (Wildman–Crippen MR) is 126 cm³/mol. The molecule has 1 saturated carbocycles. The zero-order valence-electron chi connectivity index (χ0n) is 18.3. The summed E-state index contributed by atoms with van der Waals surface area (Å²) in [6.45, 7) is 1.97. The van der Waals surface area contributed by atoms with Crippen molar-refractivity contribution < 1.29 is 19.1 Å². The number of fused-ring (bicyclic) bond motifs is 1. The van der Waals surface area contributed by atoms with Crippen molar-refractivity contribution in [1.82, 2.24) is 0 Å². The fraction of sp³-hybridized carbons (Fsp3) is 0.440. The van der Waals surface area contributed by atoms with E-state index in [2.05, 4.69) is 5.32 Å². The third-order valence-corrected chi connectivity index (χ3v) is 7.19. The Morgan fingerprint density at radius 1 is 1.06 bits per heavy atom. The average molecular weight is 476 g/mol. The minimum atomic E-state index is -1.25. The molecule has 1 atom stereocenters. The van der Waals surface area contributed by atoms with Crippen LogP contribution < -0.4 is 14.8 Å². The van der Waals surface area contributed by atoms with Crippen LogP contribution in [0.5, 0.6) is 11.5 Å². The van der Waals surface area contributed by atoms with Crippen LogP contribution in [0.2, 0.25) is 0 Å². The van der Waals surface area contributed by atoms with Gasteiger partial charge in [0.1, 0.15) is 16.9 Å². The summed E-state index contributed by atoms with van der Waals surface area (Å²) in [6.07, 6.45) is 6.55. The van der Waals surface area contributed by atoms with E-state index < -0.39 is 16.2 Å². The van der Waals surface area contributed by atoms with Crippen LogP contribution in [-0.4, -0.2) is 23.8 Å². The van der Waals surface area contributed by atoms with Gasteiger partial charge in [-0.25, -0.2) is 4.79 Å². The number of rotatable bonds is 5. The van der Waals surface area contributed by atoms with Gasteiger partial charge in [0.25, 0.3) is 0 Å². The Bertz CT molecular complexity index is 1010. The molecule has 5 nitrogen and oxygen atoms in total. The standard InChI is InChI=1S/C25H27Cl2NO4/c1-15-20(31-2)14-13-19-21(15)28-24(30)25(19,16-7-5-3-4-6-8-16)17-9-11-18(12-10-17)32-23(29)22(26)27/h9-14,16,22H,3-8H2,1-2H3,(H,28,30). The molecule has 0 bridgehead atoms. The molecule has 1 amide bonds.